The van der Waals surface area contributed by atoms with E-state index >= 15 is 0 Å². The van der Waals surface area contributed by atoms with E-state index in [0.29, 0.717) is 22.8 Å². The molecule has 0 amide bonds. The van der Waals surface area contributed by atoms with Crippen molar-refractivity contribution in [3.63, 3.8) is 0 Å². The Morgan fingerprint density at radius 1 is 1.42 bits per heavy atom. The molecule has 0 fully saturated rings. The number of nitrogens with zero attached hydrogens (tertiary/aromatic N) is 3. The molecule has 0 N–H and O–H groups in total. The van der Waals surface area contributed by atoms with E-state index in [9.17, 15) is 14.0 Å². The summed E-state index contributed by atoms with van der Waals surface area (Å²) in [7, 11) is 2.86. The number of carbonyl (C=O) groups is 1. The van der Waals surface area contributed by atoms with Gasteiger partial charge >= 0.3 is 10.8 Å². The molecule has 1 aliphatic heterocycles. The summed E-state index contributed by atoms with van der Waals surface area (Å²) in [6.45, 7) is 0.901. The number of benzene rings is 1. The van der Waals surface area contributed by atoms with Gasteiger partial charge in [0.1, 0.15) is 11.5 Å². The number of methoxy groups -OCH3 is 2. The van der Waals surface area contributed by atoms with Crippen LogP contribution in [0.3, 0.4) is 0 Å². The van der Waals surface area contributed by atoms with Gasteiger partial charge in [-0.25, -0.2) is 14.1 Å². The van der Waals surface area contributed by atoms with Crippen molar-refractivity contribution in [2.75, 3.05) is 20.0 Å². The van der Waals surface area contributed by atoms with Gasteiger partial charge in [-0.3, -0.25) is 14.3 Å². The van der Waals surface area contributed by atoms with Crippen molar-refractivity contribution in [2.45, 2.75) is 24.1 Å². The average Bonchev–Trinajstić information content (AvgIpc) is 3.16. The minimum absolute atomic E-state index is 0.0415. The highest BCUT2D eigenvalue weighted by molar-refractivity contribution is 8.00. The molecule has 3 rings (SSSR count). The first-order valence-electron chi connectivity index (χ1n) is 7.50. The van der Waals surface area contributed by atoms with Gasteiger partial charge in [0.2, 0.25) is 4.80 Å². The lowest BCUT2D eigenvalue weighted by molar-refractivity contribution is -0.137. The summed E-state index contributed by atoms with van der Waals surface area (Å²) in [5.74, 6) is -0.988. The lowest BCUT2D eigenvalue weighted by Gasteiger charge is -2.06. The zero-order chi connectivity index (χ0) is 18.8. The second-order valence-electron chi connectivity index (χ2n) is 5.38. The monoisotopic (exact) mass is 419 g/mol. The maximum Gasteiger partial charge on any atom is 0.325 e. The number of hydrogen-bond donors (Lipinski definition) is 0. The van der Waals surface area contributed by atoms with Gasteiger partial charge in [-0.2, -0.15) is 0 Å². The van der Waals surface area contributed by atoms with Crippen molar-refractivity contribution in [1.82, 2.24) is 9.36 Å². The Balaban J connectivity index is 1.98. The third-order valence-electron chi connectivity index (χ3n) is 3.78. The first-order valence-corrected chi connectivity index (χ1v) is 9.68. The highest BCUT2D eigenvalue weighted by Crippen LogP contribution is 2.33. The van der Waals surface area contributed by atoms with Crippen LogP contribution in [0.4, 0.5) is 10.1 Å². The van der Waals surface area contributed by atoms with Gasteiger partial charge in [0.05, 0.1) is 37.1 Å². The van der Waals surface area contributed by atoms with E-state index in [1.54, 1.807) is 11.8 Å². The Kier molecular flexibility index (Phi) is 5.86. The first kappa shape index (κ1) is 19.2. The molecule has 2 heterocycles. The highest BCUT2D eigenvalue weighted by atomic mass is 35.5. The van der Waals surface area contributed by atoms with Crippen molar-refractivity contribution in [3.8, 4) is 0 Å². The normalized spacial score (nSPS) is 16.8. The molecule has 11 heteroatoms. The molecular weight excluding hydrogens is 405 g/mol. The summed E-state index contributed by atoms with van der Waals surface area (Å²) in [5.41, 5.74) is 0.0415. The third kappa shape index (κ3) is 3.88. The zero-order valence-corrected chi connectivity index (χ0v) is 16.3. The van der Waals surface area contributed by atoms with Crippen LogP contribution in [-0.2, 0) is 27.4 Å². The largest absolute Gasteiger partial charge is 0.468 e. The van der Waals surface area contributed by atoms with E-state index < -0.39 is 11.8 Å². The molecule has 1 aliphatic rings. The maximum absolute atomic E-state index is 14.3. The topological polar surface area (TPSA) is 74.8 Å². The van der Waals surface area contributed by atoms with E-state index in [2.05, 4.69) is 9.73 Å². The average molecular weight is 420 g/mol. The van der Waals surface area contributed by atoms with Crippen LogP contribution in [0, 0.1) is 5.82 Å². The third-order valence-corrected chi connectivity index (χ3v) is 6.10. The number of esters is 1. The Labute approximate surface area is 161 Å². The summed E-state index contributed by atoms with van der Waals surface area (Å²) < 4.78 is 27.4. The van der Waals surface area contributed by atoms with Crippen LogP contribution in [0.2, 0.25) is 5.02 Å². The molecule has 2 aromatic rings. The number of thioether (sulfide) groups is 1. The van der Waals surface area contributed by atoms with Gasteiger partial charge in [0, 0.05) is 12.0 Å². The SMILES string of the molecule is COC(=O)CSc1cc(/N=c2/sc(=O)n3n2CC(OC)C3)c(F)cc1Cl. The molecule has 1 aromatic heterocycles. The molecular formula is C15H15ClFN3O4S2. The summed E-state index contributed by atoms with van der Waals surface area (Å²) in [6.07, 6.45) is -0.119. The second kappa shape index (κ2) is 7.95. The van der Waals surface area contributed by atoms with E-state index in [4.69, 9.17) is 16.3 Å². The predicted molar refractivity (Wildman–Crippen MR) is 96.7 cm³/mol. The summed E-state index contributed by atoms with van der Waals surface area (Å²) in [6, 6.07) is 2.59. The molecule has 1 atom stereocenters. The highest BCUT2D eigenvalue weighted by Gasteiger charge is 2.24. The van der Waals surface area contributed by atoms with Gasteiger partial charge in [-0.05, 0) is 23.5 Å². The number of halogens is 2. The number of carbonyl (C=O) groups excluding carboxylic acids is 1. The molecule has 0 aliphatic carbocycles. The lowest BCUT2D eigenvalue weighted by Crippen LogP contribution is -2.20. The number of aromatic nitrogens is 2. The smallest absolute Gasteiger partial charge is 0.325 e. The Morgan fingerprint density at radius 3 is 2.85 bits per heavy atom. The molecule has 0 saturated heterocycles. The molecule has 140 valence electrons. The van der Waals surface area contributed by atoms with E-state index in [1.165, 1.54) is 17.9 Å². The number of hydrogen-bond acceptors (Lipinski definition) is 7. The zero-order valence-electron chi connectivity index (χ0n) is 13.9. The van der Waals surface area contributed by atoms with Gasteiger partial charge in [0.25, 0.3) is 0 Å². The van der Waals surface area contributed by atoms with Gasteiger partial charge < -0.3 is 9.47 Å². The van der Waals surface area contributed by atoms with Crippen molar-refractivity contribution in [3.05, 3.63) is 37.4 Å². The van der Waals surface area contributed by atoms with E-state index in [1.807, 2.05) is 0 Å². The Morgan fingerprint density at radius 2 is 2.15 bits per heavy atom. The van der Waals surface area contributed by atoms with Crippen LogP contribution < -0.4 is 9.67 Å². The molecule has 7 nitrogen and oxygen atoms in total. The fourth-order valence-electron chi connectivity index (χ4n) is 2.42. The molecule has 1 unspecified atom stereocenters. The Hall–Kier alpha value is -1.62. The minimum atomic E-state index is -0.612. The molecule has 0 radical (unpaired) electrons. The molecule has 0 bridgehead atoms. The van der Waals surface area contributed by atoms with Crippen molar-refractivity contribution < 1.29 is 18.7 Å². The second-order valence-corrected chi connectivity index (χ2v) is 7.73. The summed E-state index contributed by atoms with van der Waals surface area (Å²) >= 11 is 8.10. The first-order chi connectivity index (χ1) is 12.4. The molecule has 0 spiro atoms. The number of rotatable bonds is 5. The van der Waals surface area contributed by atoms with Crippen molar-refractivity contribution >= 4 is 46.4 Å². The van der Waals surface area contributed by atoms with Gasteiger partial charge in [-0.15, -0.1) is 11.8 Å². The van der Waals surface area contributed by atoms with Crippen molar-refractivity contribution in [2.24, 2.45) is 4.99 Å². The molecule has 1 aromatic carbocycles. The van der Waals surface area contributed by atoms with Gasteiger partial charge in [0.15, 0.2) is 0 Å². The minimum Gasteiger partial charge on any atom is -0.468 e. The van der Waals surface area contributed by atoms with Crippen LogP contribution >= 0.6 is 34.7 Å². The molecule has 0 saturated carbocycles. The number of ether oxygens (including phenoxy) is 2. The van der Waals surface area contributed by atoms with Crippen LogP contribution in [0.15, 0.2) is 26.8 Å². The van der Waals surface area contributed by atoms with Crippen LogP contribution in [0.25, 0.3) is 0 Å². The lowest BCUT2D eigenvalue weighted by atomic mass is 10.3. The van der Waals surface area contributed by atoms with Crippen LogP contribution in [0.1, 0.15) is 0 Å². The van der Waals surface area contributed by atoms with Crippen LogP contribution in [-0.4, -0.2) is 41.4 Å². The summed E-state index contributed by atoms with van der Waals surface area (Å²) in [4.78, 5) is 28.4. The quantitative estimate of drug-likeness (QED) is 0.547. The van der Waals surface area contributed by atoms with E-state index in [0.717, 1.165) is 29.2 Å². The Bertz CT molecular complexity index is 969. The predicted octanol–water partition coefficient (Wildman–Crippen LogP) is 2.03. The van der Waals surface area contributed by atoms with E-state index in [-0.39, 0.29) is 27.4 Å². The van der Waals surface area contributed by atoms with Gasteiger partial charge in [-0.1, -0.05) is 11.6 Å². The number of fused-ring (bicyclic) bond motifs is 1. The standard InChI is InChI=1S/C15H15ClFN3O4S2/c1-23-8-5-19-14(26-15(22)20(19)6-8)18-11-4-12(9(16)3-10(11)17)25-7-13(21)24-2/h3-4,8H,5-7H2,1-2H3/b18-14+. The fourth-order valence-corrected chi connectivity index (χ4v) is 4.38. The maximum atomic E-state index is 14.3. The fraction of sp³-hybridized carbons (Fsp3) is 0.400. The molecule has 26 heavy (non-hydrogen) atoms. The summed E-state index contributed by atoms with van der Waals surface area (Å²) in [5, 5.41) is 0.178. The van der Waals surface area contributed by atoms with Crippen molar-refractivity contribution in [1.29, 1.82) is 0 Å². The van der Waals surface area contributed by atoms with Crippen LogP contribution in [0.5, 0.6) is 0 Å².